The van der Waals surface area contributed by atoms with Gasteiger partial charge in [-0.05, 0) is 19.3 Å². The summed E-state index contributed by atoms with van der Waals surface area (Å²) in [6, 6.07) is 0.220. The van der Waals surface area contributed by atoms with Crippen molar-refractivity contribution in [2.24, 2.45) is 18.7 Å². The van der Waals surface area contributed by atoms with E-state index in [1.54, 1.807) is 0 Å². The van der Waals surface area contributed by atoms with Gasteiger partial charge in [0.1, 0.15) is 0 Å². The van der Waals surface area contributed by atoms with E-state index in [-0.39, 0.29) is 6.04 Å². The van der Waals surface area contributed by atoms with Gasteiger partial charge < -0.3 is 5.73 Å². The highest BCUT2D eigenvalue weighted by Gasteiger charge is 2.22. The number of rotatable bonds is 4. The lowest BCUT2D eigenvalue weighted by atomic mass is 9.80. The summed E-state index contributed by atoms with van der Waals surface area (Å²) in [7, 11) is 1.93. The van der Waals surface area contributed by atoms with Crippen molar-refractivity contribution in [3.63, 3.8) is 0 Å². The minimum atomic E-state index is 0.220. The smallest absolute Gasteiger partial charge is 0.0847 e. The van der Waals surface area contributed by atoms with Crippen molar-refractivity contribution in [1.29, 1.82) is 0 Å². The molecular weight excluding hydrogens is 222 g/mol. The summed E-state index contributed by atoms with van der Waals surface area (Å²) < 4.78 is 1.86. The molecule has 1 heterocycles. The van der Waals surface area contributed by atoms with Crippen LogP contribution in [-0.2, 0) is 13.5 Å². The molecule has 0 amide bonds. The molecule has 1 unspecified atom stereocenters. The van der Waals surface area contributed by atoms with Crippen LogP contribution in [0.3, 0.4) is 0 Å². The fraction of sp³-hybridized carbons (Fsp3) is 0.750. The highest BCUT2D eigenvalue weighted by molar-refractivity contribution is 6.31. The number of nitrogens with zero attached hydrogens (tertiary/aromatic N) is 2. The Morgan fingerprint density at radius 2 is 2.25 bits per heavy atom. The molecule has 2 N–H and O–H groups in total. The van der Waals surface area contributed by atoms with Gasteiger partial charge in [0.05, 0.1) is 16.4 Å². The molecule has 90 valence electrons. The fourth-order valence-electron chi connectivity index (χ4n) is 2.39. The van der Waals surface area contributed by atoms with Crippen molar-refractivity contribution >= 4 is 11.6 Å². The van der Waals surface area contributed by atoms with Crippen molar-refractivity contribution in [1.82, 2.24) is 9.78 Å². The van der Waals surface area contributed by atoms with Gasteiger partial charge in [-0.2, -0.15) is 5.10 Å². The predicted molar refractivity (Wildman–Crippen MR) is 66.6 cm³/mol. The third kappa shape index (κ3) is 2.41. The molecule has 1 fully saturated rings. The lowest BCUT2D eigenvalue weighted by Gasteiger charge is -2.28. The van der Waals surface area contributed by atoms with Gasteiger partial charge in [-0.25, -0.2) is 0 Å². The van der Waals surface area contributed by atoms with E-state index in [4.69, 9.17) is 17.3 Å². The second-order valence-electron chi connectivity index (χ2n) is 4.97. The Balaban J connectivity index is 1.96. The number of aryl methyl sites for hydroxylation is 2. The van der Waals surface area contributed by atoms with Crippen LogP contribution < -0.4 is 5.73 Å². The van der Waals surface area contributed by atoms with Crippen molar-refractivity contribution in [2.45, 2.75) is 45.1 Å². The van der Waals surface area contributed by atoms with E-state index >= 15 is 0 Å². The van der Waals surface area contributed by atoms with E-state index in [0.29, 0.717) is 0 Å². The maximum atomic E-state index is 6.20. The van der Waals surface area contributed by atoms with E-state index in [0.717, 1.165) is 35.2 Å². The lowest BCUT2D eigenvalue weighted by molar-refractivity contribution is 0.274. The minimum Gasteiger partial charge on any atom is -0.327 e. The van der Waals surface area contributed by atoms with E-state index in [9.17, 15) is 0 Å². The Hall–Kier alpha value is -0.540. The molecule has 16 heavy (non-hydrogen) atoms. The molecule has 1 aliphatic carbocycles. The molecule has 2 rings (SSSR count). The van der Waals surface area contributed by atoms with Crippen LogP contribution in [0.2, 0.25) is 5.02 Å². The molecule has 0 radical (unpaired) electrons. The third-order valence-electron chi connectivity index (χ3n) is 3.58. The standard InChI is InChI=1S/C12H20ClN3/c1-8-12(13)11(16(2)15-8)7-10(14)6-9-4-3-5-9/h9-10H,3-7,14H2,1-2H3. The highest BCUT2D eigenvalue weighted by Crippen LogP contribution is 2.31. The van der Waals surface area contributed by atoms with Crippen molar-refractivity contribution in [3.05, 3.63) is 16.4 Å². The number of hydrogen-bond donors (Lipinski definition) is 1. The van der Waals surface area contributed by atoms with Crippen LogP contribution in [0.1, 0.15) is 37.1 Å². The Kier molecular flexibility index (Phi) is 3.55. The molecule has 4 heteroatoms. The number of halogens is 1. The van der Waals surface area contributed by atoms with Crippen LogP contribution in [0.4, 0.5) is 0 Å². The summed E-state index contributed by atoms with van der Waals surface area (Å²) in [4.78, 5) is 0. The first-order chi connectivity index (χ1) is 7.58. The van der Waals surface area contributed by atoms with Gasteiger partial charge >= 0.3 is 0 Å². The SMILES string of the molecule is Cc1nn(C)c(CC(N)CC2CCC2)c1Cl. The first-order valence-corrected chi connectivity index (χ1v) is 6.39. The van der Waals surface area contributed by atoms with Crippen molar-refractivity contribution < 1.29 is 0 Å². The Labute approximate surface area is 102 Å². The Morgan fingerprint density at radius 1 is 1.56 bits per heavy atom. The van der Waals surface area contributed by atoms with Crippen LogP contribution in [-0.4, -0.2) is 15.8 Å². The molecule has 3 nitrogen and oxygen atoms in total. The van der Waals surface area contributed by atoms with Crippen molar-refractivity contribution in [3.8, 4) is 0 Å². The second-order valence-corrected chi connectivity index (χ2v) is 5.34. The molecule has 0 saturated heterocycles. The molecule has 1 atom stereocenters. The van der Waals surface area contributed by atoms with E-state index < -0.39 is 0 Å². The highest BCUT2D eigenvalue weighted by atomic mass is 35.5. The number of nitrogens with two attached hydrogens (primary N) is 1. The summed E-state index contributed by atoms with van der Waals surface area (Å²) in [5.74, 6) is 0.850. The quantitative estimate of drug-likeness (QED) is 0.880. The summed E-state index contributed by atoms with van der Waals surface area (Å²) in [6.07, 6.45) is 6.05. The Bertz CT molecular complexity index is 369. The summed E-state index contributed by atoms with van der Waals surface area (Å²) in [5.41, 5.74) is 8.14. The molecule has 0 aliphatic heterocycles. The van der Waals surface area contributed by atoms with Gasteiger partial charge in [-0.3, -0.25) is 4.68 Å². The number of hydrogen-bond acceptors (Lipinski definition) is 2. The first-order valence-electron chi connectivity index (χ1n) is 6.01. The normalized spacial score (nSPS) is 18.5. The topological polar surface area (TPSA) is 43.8 Å². The molecule has 0 spiro atoms. The summed E-state index contributed by atoms with van der Waals surface area (Å²) in [6.45, 7) is 1.93. The summed E-state index contributed by atoms with van der Waals surface area (Å²) in [5, 5.41) is 5.09. The first kappa shape index (κ1) is 11.9. The average Bonchev–Trinajstić information content (AvgIpc) is 2.39. The van der Waals surface area contributed by atoms with Gasteiger partial charge in [0.15, 0.2) is 0 Å². The third-order valence-corrected chi connectivity index (χ3v) is 4.07. The van der Waals surface area contributed by atoms with Crippen molar-refractivity contribution in [2.75, 3.05) is 0 Å². The monoisotopic (exact) mass is 241 g/mol. The fourth-order valence-corrected chi connectivity index (χ4v) is 2.63. The van der Waals surface area contributed by atoms with Crippen LogP contribution in [0, 0.1) is 12.8 Å². The van der Waals surface area contributed by atoms with Crippen LogP contribution in [0.15, 0.2) is 0 Å². The molecule has 1 saturated carbocycles. The van der Waals surface area contributed by atoms with E-state index in [1.165, 1.54) is 19.3 Å². The zero-order valence-corrected chi connectivity index (χ0v) is 10.8. The van der Waals surface area contributed by atoms with Gasteiger partial charge in [-0.15, -0.1) is 0 Å². The van der Waals surface area contributed by atoms with Crippen LogP contribution >= 0.6 is 11.6 Å². The maximum Gasteiger partial charge on any atom is 0.0847 e. The predicted octanol–water partition coefficient (Wildman–Crippen LogP) is 2.44. The van der Waals surface area contributed by atoms with Crippen LogP contribution in [0.25, 0.3) is 0 Å². The zero-order valence-electron chi connectivity index (χ0n) is 10.0. The largest absolute Gasteiger partial charge is 0.327 e. The second kappa shape index (κ2) is 4.76. The molecule has 1 aromatic heterocycles. The van der Waals surface area contributed by atoms with Crippen LogP contribution in [0.5, 0.6) is 0 Å². The molecule has 1 aliphatic rings. The number of aromatic nitrogens is 2. The maximum absolute atomic E-state index is 6.20. The zero-order chi connectivity index (χ0) is 11.7. The van der Waals surface area contributed by atoms with Gasteiger partial charge in [-0.1, -0.05) is 30.9 Å². The Morgan fingerprint density at radius 3 is 2.69 bits per heavy atom. The molecule has 0 bridgehead atoms. The molecular formula is C12H20ClN3. The molecule has 1 aromatic rings. The average molecular weight is 242 g/mol. The van der Waals surface area contributed by atoms with Gasteiger partial charge in [0.25, 0.3) is 0 Å². The van der Waals surface area contributed by atoms with E-state index in [1.807, 2.05) is 18.7 Å². The lowest BCUT2D eigenvalue weighted by Crippen LogP contribution is -2.29. The minimum absolute atomic E-state index is 0.220. The van der Waals surface area contributed by atoms with Gasteiger partial charge in [0.2, 0.25) is 0 Å². The van der Waals surface area contributed by atoms with E-state index in [2.05, 4.69) is 5.10 Å². The molecule has 0 aromatic carbocycles. The van der Waals surface area contributed by atoms with Gasteiger partial charge in [0, 0.05) is 19.5 Å². The summed E-state index contributed by atoms with van der Waals surface area (Å²) >= 11 is 6.20.